The van der Waals surface area contributed by atoms with Crippen LogP contribution in [0.25, 0.3) is 0 Å². The van der Waals surface area contributed by atoms with Gasteiger partial charge in [-0.25, -0.2) is 9.69 Å². The van der Waals surface area contributed by atoms with E-state index in [1.165, 1.54) is 12.2 Å². The molecule has 0 aromatic heterocycles. The molecule has 4 amide bonds. The molecule has 11 heteroatoms. The van der Waals surface area contributed by atoms with Crippen LogP contribution in [0.2, 0.25) is 0 Å². The standard InChI is InChI=1S/C23H24N2O9/c1-14(2)22(33-23(31)34-25-19(28)12-13-20(25)29)32-21(30)5-3-4-15-6-8-16(9-7-15)24-17(26)10-11-18(24)27/h6-11,14,22H,3-5,12-13H2,1-2H3. The Balaban J connectivity index is 1.44. The molecule has 1 fully saturated rings. The van der Waals surface area contributed by atoms with Crippen LogP contribution in [0.1, 0.15) is 45.1 Å². The summed E-state index contributed by atoms with van der Waals surface area (Å²) in [7, 11) is 0. The van der Waals surface area contributed by atoms with Gasteiger partial charge in [-0.05, 0) is 30.5 Å². The molecule has 1 atom stereocenters. The Morgan fingerprint density at radius 3 is 2.06 bits per heavy atom. The number of anilines is 1. The van der Waals surface area contributed by atoms with Crippen LogP contribution in [-0.2, 0) is 44.7 Å². The Kier molecular flexibility index (Phi) is 7.77. The molecule has 1 aromatic carbocycles. The van der Waals surface area contributed by atoms with Crippen molar-refractivity contribution in [3.05, 3.63) is 42.0 Å². The largest absolute Gasteiger partial charge is 0.537 e. The van der Waals surface area contributed by atoms with E-state index in [9.17, 15) is 28.8 Å². The summed E-state index contributed by atoms with van der Waals surface area (Å²) in [5.74, 6) is -3.10. The lowest BCUT2D eigenvalue weighted by Gasteiger charge is -2.22. The quantitative estimate of drug-likeness (QED) is 0.301. The van der Waals surface area contributed by atoms with Crippen molar-refractivity contribution in [1.29, 1.82) is 0 Å². The summed E-state index contributed by atoms with van der Waals surface area (Å²) in [4.78, 5) is 76.3. The van der Waals surface area contributed by atoms with E-state index in [1.54, 1.807) is 38.1 Å². The van der Waals surface area contributed by atoms with Crippen LogP contribution in [0, 0.1) is 5.92 Å². The van der Waals surface area contributed by atoms with Crippen molar-refractivity contribution >= 4 is 41.4 Å². The normalized spacial score (nSPS) is 16.4. The van der Waals surface area contributed by atoms with Crippen molar-refractivity contribution in [3.8, 4) is 0 Å². The van der Waals surface area contributed by atoms with Crippen molar-refractivity contribution in [1.82, 2.24) is 5.06 Å². The smallest absolute Gasteiger partial charge is 0.425 e. The van der Waals surface area contributed by atoms with E-state index in [0.29, 0.717) is 23.6 Å². The molecule has 0 aliphatic carbocycles. The molecule has 1 aromatic rings. The van der Waals surface area contributed by atoms with E-state index in [4.69, 9.17) is 9.47 Å². The fraction of sp³-hybridized carbons (Fsp3) is 0.391. The van der Waals surface area contributed by atoms with E-state index < -0.39 is 48.0 Å². The zero-order chi connectivity index (χ0) is 24.8. The van der Waals surface area contributed by atoms with Crippen LogP contribution >= 0.6 is 0 Å². The van der Waals surface area contributed by atoms with Crippen molar-refractivity contribution in [2.75, 3.05) is 4.90 Å². The topological polar surface area (TPSA) is 137 Å². The summed E-state index contributed by atoms with van der Waals surface area (Å²) >= 11 is 0. The number of hydrogen-bond acceptors (Lipinski definition) is 9. The number of nitrogens with zero attached hydrogens (tertiary/aromatic N) is 2. The van der Waals surface area contributed by atoms with Crippen LogP contribution in [0.5, 0.6) is 0 Å². The van der Waals surface area contributed by atoms with Crippen LogP contribution in [0.3, 0.4) is 0 Å². The van der Waals surface area contributed by atoms with Crippen LogP contribution in [-0.4, -0.2) is 47.1 Å². The molecule has 3 rings (SSSR count). The monoisotopic (exact) mass is 472 g/mol. The number of benzene rings is 1. The van der Waals surface area contributed by atoms with Crippen LogP contribution < -0.4 is 4.90 Å². The molecule has 0 bridgehead atoms. The van der Waals surface area contributed by atoms with E-state index in [2.05, 4.69) is 4.84 Å². The van der Waals surface area contributed by atoms with Gasteiger partial charge in [-0.15, -0.1) is 0 Å². The maximum absolute atomic E-state index is 12.2. The molecule has 0 radical (unpaired) electrons. The average Bonchev–Trinajstić information content (AvgIpc) is 3.29. The first-order chi connectivity index (χ1) is 16.2. The molecule has 2 aliphatic rings. The zero-order valence-electron chi connectivity index (χ0n) is 18.7. The van der Waals surface area contributed by atoms with E-state index >= 15 is 0 Å². The maximum Gasteiger partial charge on any atom is 0.537 e. The lowest BCUT2D eigenvalue weighted by Crippen LogP contribution is -2.36. The average molecular weight is 472 g/mol. The molecular weight excluding hydrogens is 448 g/mol. The molecule has 1 saturated heterocycles. The first-order valence-corrected chi connectivity index (χ1v) is 10.7. The summed E-state index contributed by atoms with van der Waals surface area (Å²) in [5, 5.41) is 0.346. The van der Waals surface area contributed by atoms with Gasteiger partial charge in [0.15, 0.2) is 0 Å². The molecule has 1 unspecified atom stereocenters. The number of amides is 4. The number of esters is 1. The number of hydroxylamine groups is 2. The molecule has 2 aliphatic heterocycles. The predicted molar refractivity (Wildman–Crippen MR) is 114 cm³/mol. The van der Waals surface area contributed by atoms with Crippen molar-refractivity contribution in [2.24, 2.45) is 5.92 Å². The number of carbonyl (C=O) groups is 6. The van der Waals surface area contributed by atoms with Gasteiger partial charge in [-0.1, -0.05) is 31.0 Å². The number of imide groups is 2. The van der Waals surface area contributed by atoms with Gasteiger partial charge in [-0.2, -0.15) is 0 Å². The Morgan fingerprint density at radius 2 is 1.50 bits per heavy atom. The van der Waals surface area contributed by atoms with E-state index in [-0.39, 0.29) is 19.3 Å². The highest BCUT2D eigenvalue weighted by atomic mass is 16.9. The second-order valence-corrected chi connectivity index (χ2v) is 8.01. The lowest BCUT2D eigenvalue weighted by molar-refractivity contribution is -0.199. The first-order valence-electron chi connectivity index (χ1n) is 10.7. The van der Waals surface area contributed by atoms with E-state index in [0.717, 1.165) is 10.5 Å². The SMILES string of the molecule is CC(C)C(OC(=O)CCCc1ccc(N2C(=O)C=CC2=O)cc1)OC(=O)ON1C(=O)CCC1=O. The van der Waals surface area contributed by atoms with Gasteiger partial charge in [0, 0.05) is 37.3 Å². The summed E-state index contributed by atoms with van der Waals surface area (Å²) < 4.78 is 10.2. The molecule has 0 spiro atoms. The summed E-state index contributed by atoms with van der Waals surface area (Å²) in [6, 6.07) is 6.83. The third-order valence-electron chi connectivity index (χ3n) is 5.03. The number of rotatable bonds is 9. The van der Waals surface area contributed by atoms with Gasteiger partial charge < -0.3 is 9.47 Å². The highest BCUT2D eigenvalue weighted by Gasteiger charge is 2.35. The molecule has 2 heterocycles. The van der Waals surface area contributed by atoms with Crippen molar-refractivity contribution in [3.63, 3.8) is 0 Å². The number of carbonyl (C=O) groups excluding carboxylic acids is 6. The lowest BCUT2D eigenvalue weighted by atomic mass is 10.1. The summed E-state index contributed by atoms with van der Waals surface area (Å²) in [6.45, 7) is 3.31. The van der Waals surface area contributed by atoms with E-state index in [1.807, 2.05) is 0 Å². The minimum Gasteiger partial charge on any atom is -0.425 e. The highest BCUT2D eigenvalue weighted by molar-refractivity contribution is 6.28. The minimum atomic E-state index is -1.32. The molecular formula is C23H24N2O9. The van der Waals surface area contributed by atoms with Gasteiger partial charge in [0.2, 0.25) is 0 Å². The van der Waals surface area contributed by atoms with Crippen LogP contribution in [0.4, 0.5) is 10.5 Å². The third kappa shape index (κ3) is 6.06. The van der Waals surface area contributed by atoms with Crippen molar-refractivity contribution in [2.45, 2.75) is 52.2 Å². The summed E-state index contributed by atoms with van der Waals surface area (Å²) in [6.07, 6.45) is 0.752. The molecule has 0 saturated carbocycles. The third-order valence-corrected chi connectivity index (χ3v) is 5.03. The second-order valence-electron chi connectivity index (χ2n) is 8.01. The molecule has 34 heavy (non-hydrogen) atoms. The van der Waals surface area contributed by atoms with Gasteiger partial charge >= 0.3 is 12.1 Å². The minimum absolute atomic E-state index is 0.0412. The number of ether oxygens (including phenoxy) is 2. The van der Waals surface area contributed by atoms with Gasteiger partial charge in [0.1, 0.15) is 0 Å². The fourth-order valence-electron chi connectivity index (χ4n) is 3.24. The Morgan fingerprint density at radius 1 is 0.912 bits per heavy atom. The molecule has 11 nitrogen and oxygen atoms in total. The van der Waals surface area contributed by atoms with Crippen LogP contribution in [0.15, 0.2) is 36.4 Å². The summed E-state index contributed by atoms with van der Waals surface area (Å²) in [5.41, 5.74) is 1.35. The number of hydrogen-bond donors (Lipinski definition) is 0. The Hall–Kier alpha value is -4.02. The molecule has 0 N–H and O–H groups in total. The Bertz CT molecular complexity index is 995. The Labute approximate surface area is 195 Å². The second kappa shape index (κ2) is 10.7. The zero-order valence-corrected chi connectivity index (χ0v) is 18.7. The van der Waals surface area contributed by atoms with Gasteiger partial charge in [-0.3, -0.25) is 28.8 Å². The van der Waals surface area contributed by atoms with Gasteiger partial charge in [0.25, 0.3) is 29.9 Å². The molecule has 180 valence electrons. The van der Waals surface area contributed by atoms with Gasteiger partial charge in [0.05, 0.1) is 5.69 Å². The highest BCUT2D eigenvalue weighted by Crippen LogP contribution is 2.21. The number of aryl methyl sites for hydroxylation is 1. The first kappa shape index (κ1) is 24.6. The van der Waals surface area contributed by atoms with Crippen molar-refractivity contribution < 1.29 is 43.1 Å². The fourth-order valence-corrected chi connectivity index (χ4v) is 3.24. The maximum atomic E-state index is 12.2. The predicted octanol–water partition coefficient (Wildman–Crippen LogP) is 2.18.